The maximum Gasteiger partial charge on any atom is 0.0281 e. The number of hydrogen-bond acceptors (Lipinski definition) is 0. The van der Waals surface area contributed by atoms with Crippen molar-refractivity contribution in [2.45, 2.75) is 20.3 Å². The van der Waals surface area contributed by atoms with E-state index in [1.807, 2.05) is 6.07 Å². The molecule has 0 heterocycles. The molecule has 0 aliphatic heterocycles. The molecule has 0 spiro atoms. The SMILES string of the molecule is CCc1cc(-c2ccccc2)ccc1C#Cc1ccc(-c2ccccc2)cc1C. The fourth-order valence-electron chi connectivity index (χ4n) is 3.57. The van der Waals surface area contributed by atoms with Crippen LogP contribution in [0.2, 0.25) is 0 Å². The van der Waals surface area contributed by atoms with Crippen molar-refractivity contribution in [3.63, 3.8) is 0 Å². The lowest BCUT2D eigenvalue weighted by atomic mass is 9.97. The minimum Gasteiger partial charge on any atom is -0.0622 e. The highest BCUT2D eigenvalue weighted by Gasteiger charge is 2.04. The Labute approximate surface area is 173 Å². The molecule has 4 rings (SSSR count). The predicted octanol–water partition coefficient (Wildman–Crippen LogP) is 7.29. The van der Waals surface area contributed by atoms with Crippen LogP contribution in [0.1, 0.15) is 29.2 Å². The molecule has 4 aromatic rings. The number of benzene rings is 4. The van der Waals surface area contributed by atoms with Crippen LogP contribution in [-0.2, 0) is 6.42 Å². The Hall–Kier alpha value is -3.56. The van der Waals surface area contributed by atoms with E-state index in [9.17, 15) is 0 Å². The summed E-state index contributed by atoms with van der Waals surface area (Å²) in [6.07, 6.45) is 0.969. The van der Waals surface area contributed by atoms with Crippen LogP contribution in [0.15, 0.2) is 97.1 Å². The molecule has 0 atom stereocenters. The van der Waals surface area contributed by atoms with E-state index in [0.717, 1.165) is 17.5 Å². The second-order valence-corrected chi connectivity index (χ2v) is 7.24. The smallest absolute Gasteiger partial charge is 0.0281 e. The van der Waals surface area contributed by atoms with Gasteiger partial charge in [0.2, 0.25) is 0 Å². The van der Waals surface area contributed by atoms with Gasteiger partial charge in [-0.05, 0) is 64.9 Å². The standard InChI is InChI=1S/C29H24/c1-3-23-21-29(26-12-8-5-9-13-26)19-17-27(23)16-14-24-15-18-28(20-22(24)2)25-10-6-4-7-11-25/h4-13,15,17-21H,3H2,1-2H3. The van der Waals surface area contributed by atoms with Crippen molar-refractivity contribution in [1.29, 1.82) is 0 Å². The fourth-order valence-corrected chi connectivity index (χ4v) is 3.57. The minimum absolute atomic E-state index is 0.969. The summed E-state index contributed by atoms with van der Waals surface area (Å²) in [5.41, 5.74) is 9.65. The third kappa shape index (κ3) is 4.31. The molecule has 0 aliphatic rings. The summed E-state index contributed by atoms with van der Waals surface area (Å²) in [5.74, 6) is 6.80. The molecule has 140 valence electrons. The van der Waals surface area contributed by atoms with Gasteiger partial charge < -0.3 is 0 Å². The monoisotopic (exact) mass is 372 g/mol. The number of hydrogen-bond donors (Lipinski definition) is 0. The van der Waals surface area contributed by atoms with Crippen LogP contribution in [0.5, 0.6) is 0 Å². The molecule has 4 aromatic carbocycles. The fraction of sp³-hybridized carbons (Fsp3) is 0.103. The van der Waals surface area contributed by atoms with Gasteiger partial charge in [-0.1, -0.05) is 97.6 Å². The lowest BCUT2D eigenvalue weighted by Gasteiger charge is -2.07. The van der Waals surface area contributed by atoms with Gasteiger partial charge in [-0.25, -0.2) is 0 Å². The summed E-state index contributed by atoms with van der Waals surface area (Å²) in [6, 6.07) is 34.1. The molecule has 0 nitrogen and oxygen atoms in total. The van der Waals surface area contributed by atoms with Crippen molar-refractivity contribution in [2.75, 3.05) is 0 Å². The molecule has 0 bridgehead atoms. The Balaban J connectivity index is 1.63. The van der Waals surface area contributed by atoms with Crippen LogP contribution in [0.3, 0.4) is 0 Å². The summed E-state index contributed by atoms with van der Waals surface area (Å²) in [5, 5.41) is 0. The predicted molar refractivity (Wildman–Crippen MR) is 124 cm³/mol. The molecule has 0 N–H and O–H groups in total. The van der Waals surface area contributed by atoms with E-state index < -0.39 is 0 Å². The van der Waals surface area contributed by atoms with Gasteiger partial charge in [-0.15, -0.1) is 0 Å². The summed E-state index contributed by atoms with van der Waals surface area (Å²) < 4.78 is 0. The molecule has 0 aromatic heterocycles. The first-order valence-corrected chi connectivity index (χ1v) is 10.1. The molecular formula is C29H24. The van der Waals surface area contributed by atoms with Gasteiger partial charge in [0.05, 0.1) is 0 Å². The minimum atomic E-state index is 0.969. The average molecular weight is 373 g/mol. The van der Waals surface area contributed by atoms with Crippen molar-refractivity contribution < 1.29 is 0 Å². The molecule has 0 unspecified atom stereocenters. The van der Waals surface area contributed by atoms with Gasteiger partial charge in [0.25, 0.3) is 0 Å². The van der Waals surface area contributed by atoms with Gasteiger partial charge in [0.1, 0.15) is 0 Å². The second-order valence-electron chi connectivity index (χ2n) is 7.24. The van der Waals surface area contributed by atoms with Crippen molar-refractivity contribution in [1.82, 2.24) is 0 Å². The van der Waals surface area contributed by atoms with Crippen LogP contribution in [0, 0.1) is 18.8 Å². The first kappa shape index (κ1) is 18.8. The van der Waals surface area contributed by atoms with E-state index in [0.29, 0.717) is 0 Å². The van der Waals surface area contributed by atoms with Crippen LogP contribution < -0.4 is 0 Å². The number of aryl methyl sites for hydroxylation is 2. The van der Waals surface area contributed by atoms with Gasteiger partial charge in [-0.2, -0.15) is 0 Å². The van der Waals surface area contributed by atoms with Crippen LogP contribution in [-0.4, -0.2) is 0 Å². The van der Waals surface area contributed by atoms with E-state index in [1.54, 1.807) is 0 Å². The molecule has 0 aliphatic carbocycles. The zero-order valence-electron chi connectivity index (χ0n) is 16.9. The van der Waals surface area contributed by atoms with Crippen molar-refractivity contribution in [3.05, 3.63) is 119 Å². The zero-order chi connectivity index (χ0) is 20.1. The molecule has 0 fully saturated rings. The summed E-state index contributed by atoms with van der Waals surface area (Å²) in [4.78, 5) is 0. The van der Waals surface area contributed by atoms with Crippen molar-refractivity contribution in [2.24, 2.45) is 0 Å². The van der Waals surface area contributed by atoms with E-state index in [2.05, 4.69) is 117 Å². The normalized spacial score (nSPS) is 10.3. The third-order valence-corrected chi connectivity index (χ3v) is 5.26. The Morgan fingerprint density at radius 1 is 0.552 bits per heavy atom. The topological polar surface area (TPSA) is 0 Å². The van der Waals surface area contributed by atoms with Crippen LogP contribution in [0.25, 0.3) is 22.3 Å². The quantitative estimate of drug-likeness (QED) is 0.331. The molecule has 0 amide bonds. The van der Waals surface area contributed by atoms with E-state index >= 15 is 0 Å². The maximum atomic E-state index is 3.41. The van der Waals surface area contributed by atoms with Crippen LogP contribution >= 0.6 is 0 Å². The Morgan fingerprint density at radius 2 is 1.07 bits per heavy atom. The van der Waals surface area contributed by atoms with Crippen molar-refractivity contribution >= 4 is 0 Å². The van der Waals surface area contributed by atoms with Crippen LogP contribution in [0.4, 0.5) is 0 Å². The van der Waals surface area contributed by atoms with Gasteiger partial charge in [-0.3, -0.25) is 0 Å². The Kier molecular flexibility index (Phi) is 5.59. The first-order valence-electron chi connectivity index (χ1n) is 10.1. The van der Waals surface area contributed by atoms with E-state index in [-0.39, 0.29) is 0 Å². The zero-order valence-corrected chi connectivity index (χ0v) is 16.9. The number of rotatable bonds is 3. The van der Waals surface area contributed by atoms with Gasteiger partial charge >= 0.3 is 0 Å². The summed E-state index contributed by atoms with van der Waals surface area (Å²) in [7, 11) is 0. The lowest BCUT2D eigenvalue weighted by molar-refractivity contribution is 1.13. The maximum absolute atomic E-state index is 3.41. The third-order valence-electron chi connectivity index (χ3n) is 5.26. The highest BCUT2D eigenvalue weighted by atomic mass is 14.1. The van der Waals surface area contributed by atoms with Crippen molar-refractivity contribution in [3.8, 4) is 34.1 Å². The van der Waals surface area contributed by atoms with Gasteiger partial charge in [0, 0.05) is 11.1 Å². The second kappa shape index (κ2) is 8.63. The summed E-state index contributed by atoms with van der Waals surface area (Å²) >= 11 is 0. The largest absolute Gasteiger partial charge is 0.0622 e. The molecule has 29 heavy (non-hydrogen) atoms. The Morgan fingerprint density at radius 3 is 1.62 bits per heavy atom. The highest BCUT2D eigenvalue weighted by Crippen LogP contribution is 2.24. The van der Waals surface area contributed by atoms with Gasteiger partial charge in [0.15, 0.2) is 0 Å². The molecular weight excluding hydrogens is 348 g/mol. The average Bonchev–Trinajstić information content (AvgIpc) is 2.79. The molecule has 0 heteroatoms. The van der Waals surface area contributed by atoms with E-state index in [4.69, 9.17) is 0 Å². The summed E-state index contributed by atoms with van der Waals surface area (Å²) in [6.45, 7) is 4.32. The molecule has 0 radical (unpaired) electrons. The molecule has 0 saturated carbocycles. The highest BCUT2D eigenvalue weighted by molar-refractivity contribution is 5.68. The van der Waals surface area contributed by atoms with E-state index in [1.165, 1.54) is 33.4 Å². The lowest BCUT2D eigenvalue weighted by Crippen LogP contribution is -1.90. The Bertz CT molecular complexity index is 1170. The molecule has 0 saturated heterocycles. The first-order chi connectivity index (χ1) is 14.2.